The normalized spacial score (nSPS) is 9.44. The van der Waals surface area contributed by atoms with Gasteiger partial charge in [-0.3, -0.25) is 4.79 Å². The molecule has 16 heavy (non-hydrogen) atoms. The molecule has 1 aromatic carbocycles. The zero-order chi connectivity index (χ0) is 11.3. The van der Waals surface area contributed by atoms with E-state index in [0.717, 1.165) is 18.2 Å². The van der Waals surface area contributed by atoms with Gasteiger partial charge in [-0.05, 0) is 18.2 Å². The van der Waals surface area contributed by atoms with E-state index in [1.807, 2.05) is 0 Å². The summed E-state index contributed by atoms with van der Waals surface area (Å²) in [6, 6.07) is 3.11. The lowest BCUT2D eigenvalue weighted by molar-refractivity contribution is -0.121. The Morgan fingerprint density at radius 2 is 2.06 bits per heavy atom. The molecule has 0 aliphatic carbocycles. The van der Waals surface area contributed by atoms with E-state index in [-0.39, 0.29) is 43.4 Å². The summed E-state index contributed by atoms with van der Waals surface area (Å²) in [5, 5.41) is 2.44. The number of nitrogens with one attached hydrogen (secondary N) is 1. The summed E-state index contributed by atoms with van der Waals surface area (Å²) in [5.74, 6) is -1.34. The van der Waals surface area contributed by atoms with Crippen LogP contribution in [0.1, 0.15) is 12.0 Å². The van der Waals surface area contributed by atoms with Crippen molar-refractivity contribution >= 4 is 18.3 Å². The van der Waals surface area contributed by atoms with Crippen LogP contribution in [0.15, 0.2) is 18.2 Å². The lowest BCUT2D eigenvalue weighted by Crippen LogP contribution is -2.25. The summed E-state index contributed by atoms with van der Waals surface area (Å²) in [6.45, 7) is 0.208. The van der Waals surface area contributed by atoms with Crippen molar-refractivity contribution in [3.8, 4) is 0 Å². The molecular formula is C10H13ClF2N2O. The number of nitrogens with two attached hydrogens (primary N) is 1. The average Bonchev–Trinajstić information content (AvgIpc) is 2.20. The molecule has 0 spiro atoms. The van der Waals surface area contributed by atoms with Gasteiger partial charge in [-0.2, -0.15) is 0 Å². The first kappa shape index (κ1) is 14.8. The van der Waals surface area contributed by atoms with E-state index >= 15 is 0 Å². The second kappa shape index (κ2) is 7.14. The Morgan fingerprint density at radius 3 is 2.69 bits per heavy atom. The highest BCUT2D eigenvalue weighted by Crippen LogP contribution is 2.08. The van der Waals surface area contributed by atoms with Crippen molar-refractivity contribution in [3.05, 3.63) is 35.4 Å². The van der Waals surface area contributed by atoms with Crippen LogP contribution >= 0.6 is 12.4 Å². The number of amides is 1. The van der Waals surface area contributed by atoms with Gasteiger partial charge in [-0.15, -0.1) is 12.4 Å². The van der Waals surface area contributed by atoms with Gasteiger partial charge in [0.15, 0.2) is 0 Å². The fourth-order valence-electron chi connectivity index (χ4n) is 1.09. The van der Waals surface area contributed by atoms with Crippen LogP contribution in [-0.4, -0.2) is 12.5 Å². The van der Waals surface area contributed by atoms with Crippen molar-refractivity contribution in [2.24, 2.45) is 5.73 Å². The van der Waals surface area contributed by atoms with Gasteiger partial charge in [0, 0.05) is 25.1 Å². The Hall–Kier alpha value is -1.20. The number of hydrogen-bond donors (Lipinski definition) is 2. The number of rotatable bonds is 4. The minimum atomic E-state index is -0.538. The van der Waals surface area contributed by atoms with Crippen LogP contribution < -0.4 is 11.1 Å². The average molecular weight is 251 g/mol. The van der Waals surface area contributed by atoms with Gasteiger partial charge in [0.2, 0.25) is 5.91 Å². The molecule has 1 aromatic rings. The van der Waals surface area contributed by atoms with Crippen LogP contribution in [0.4, 0.5) is 8.78 Å². The second-order valence-electron chi connectivity index (χ2n) is 3.05. The molecule has 3 nitrogen and oxygen atoms in total. The van der Waals surface area contributed by atoms with E-state index in [4.69, 9.17) is 5.73 Å². The van der Waals surface area contributed by atoms with Crippen molar-refractivity contribution in [1.82, 2.24) is 5.32 Å². The van der Waals surface area contributed by atoms with E-state index < -0.39 is 11.6 Å². The lowest BCUT2D eigenvalue weighted by Gasteiger charge is -2.05. The molecule has 0 heterocycles. The molecule has 0 saturated heterocycles. The molecule has 1 rings (SSSR count). The zero-order valence-electron chi connectivity index (χ0n) is 8.50. The summed E-state index contributed by atoms with van der Waals surface area (Å²) in [7, 11) is 0. The molecule has 0 saturated carbocycles. The summed E-state index contributed by atoms with van der Waals surface area (Å²) in [5.41, 5.74) is 5.28. The van der Waals surface area contributed by atoms with E-state index in [0.29, 0.717) is 0 Å². The van der Waals surface area contributed by atoms with Crippen LogP contribution in [0, 0.1) is 11.6 Å². The van der Waals surface area contributed by atoms with Crippen molar-refractivity contribution in [2.75, 3.05) is 6.54 Å². The molecular weight excluding hydrogens is 238 g/mol. The van der Waals surface area contributed by atoms with Crippen LogP contribution in [0.5, 0.6) is 0 Å². The SMILES string of the molecule is Cl.NCCC(=O)NCc1cc(F)ccc1F. The lowest BCUT2D eigenvalue weighted by atomic mass is 10.2. The smallest absolute Gasteiger partial charge is 0.221 e. The van der Waals surface area contributed by atoms with Gasteiger partial charge in [-0.1, -0.05) is 0 Å². The van der Waals surface area contributed by atoms with Gasteiger partial charge in [-0.25, -0.2) is 8.78 Å². The van der Waals surface area contributed by atoms with E-state index in [9.17, 15) is 13.6 Å². The Balaban J connectivity index is 0.00000225. The first-order chi connectivity index (χ1) is 7.13. The maximum atomic E-state index is 13.1. The molecule has 0 radical (unpaired) electrons. The predicted octanol–water partition coefficient (Wildman–Crippen LogP) is 1.35. The summed E-state index contributed by atoms with van der Waals surface area (Å²) in [6.07, 6.45) is 0.178. The first-order valence-corrected chi connectivity index (χ1v) is 4.54. The highest BCUT2D eigenvalue weighted by atomic mass is 35.5. The van der Waals surface area contributed by atoms with Gasteiger partial charge in [0.25, 0.3) is 0 Å². The molecule has 90 valence electrons. The minimum absolute atomic E-state index is 0. The molecule has 0 aliphatic rings. The standard InChI is InChI=1S/C10H12F2N2O.ClH/c11-8-1-2-9(12)7(5-8)6-14-10(15)3-4-13;/h1-2,5H,3-4,6,13H2,(H,14,15);1H. The molecule has 1 amide bonds. The largest absolute Gasteiger partial charge is 0.352 e. The Bertz CT molecular complexity index is 361. The third kappa shape index (κ3) is 4.55. The van der Waals surface area contributed by atoms with Crippen LogP contribution in [0.25, 0.3) is 0 Å². The minimum Gasteiger partial charge on any atom is -0.352 e. The van der Waals surface area contributed by atoms with Crippen LogP contribution in [0.2, 0.25) is 0 Å². The Morgan fingerprint density at radius 1 is 1.38 bits per heavy atom. The number of carbonyl (C=O) groups is 1. The number of halogens is 3. The zero-order valence-corrected chi connectivity index (χ0v) is 9.32. The van der Waals surface area contributed by atoms with Crippen molar-refractivity contribution < 1.29 is 13.6 Å². The topological polar surface area (TPSA) is 55.1 Å². The second-order valence-corrected chi connectivity index (χ2v) is 3.05. The Kier molecular flexibility index (Phi) is 6.60. The quantitative estimate of drug-likeness (QED) is 0.848. The van der Waals surface area contributed by atoms with Gasteiger partial charge >= 0.3 is 0 Å². The number of carbonyl (C=O) groups excluding carboxylic acids is 1. The molecule has 0 unspecified atom stereocenters. The molecule has 6 heteroatoms. The fraction of sp³-hybridized carbons (Fsp3) is 0.300. The molecule has 0 bridgehead atoms. The maximum absolute atomic E-state index is 13.1. The summed E-state index contributed by atoms with van der Waals surface area (Å²) >= 11 is 0. The number of hydrogen-bond acceptors (Lipinski definition) is 2. The fourth-order valence-corrected chi connectivity index (χ4v) is 1.09. The summed E-state index contributed by atoms with van der Waals surface area (Å²) in [4.78, 5) is 11.0. The first-order valence-electron chi connectivity index (χ1n) is 4.54. The Labute approximate surface area is 98.4 Å². The number of benzene rings is 1. The monoisotopic (exact) mass is 250 g/mol. The molecule has 0 aromatic heterocycles. The molecule has 0 atom stereocenters. The highest BCUT2D eigenvalue weighted by Gasteiger charge is 2.05. The van der Waals surface area contributed by atoms with Crippen LogP contribution in [0.3, 0.4) is 0 Å². The molecule has 0 aliphatic heterocycles. The molecule has 3 N–H and O–H groups in total. The van der Waals surface area contributed by atoms with E-state index in [2.05, 4.69) is 5.32 Å². The highest BCUT2D eigenvalue weighted by molar-refractivity contribution is 5.85. The van der Waals surface area contributed by atoms with Gasteiger partial charge < -0.3 is 11.1 Å². The van der Waals surface area contributed by atoms with Crippen molar-refractivity contribution in [2.45, 2.75) is 13.0 Å². The third-order valence-electron chi connectivity index (χ3n) is 1.86. The third-order valence-corrected chi connectivity index (χ3v) is 1.86. The summed E-state index contributed by atoms with van der Waals surface area (Å²) < 4.78 is 25.8. The van der Waals surface area contributed by atoms with E-state index in [1.165, 1.54) is 0 Å². The van der Waals surface area contributed by atoms with E-state index in [1.54, 1.807) is 0 Å². The molecule has 0 fully saturated rings. The maximum Gasteiger partial charge on any atom is 0.221 e. The van der Waals surface area contributed by atoms with Crippen molar-refractivity contribution in [3.63, 3.8) is 0 Å². The van der Waals surface area contributed by atoms with Gasteiger partial charge in [0.1, 0.15) is 11.6 Å². The van der Waals surface area contributed by atoms with Gasteiger partial charge in [0.05, 0.1) is 0 Å². The van der Waals surface area contributed by atoms with Crippen LogP contribution in [-0.2, 0) is 11.3 Å². The van der Waals surface area contributed by atoms with Crippen molar-refractivity contribution in [1.29, 1.82) is 0 Å². The predicted molar refractivity (Wildman–Crippen MR) is 59.1 cm³/mol.